The number of benzene rings is 1. The van der Waals surface area contributed by atoms with Gasteiger partial charge in [-0.1, -0.05) is 55.3 Å². The van der Waals surface area contributed by atoms with Crippen molar-refractivity contribution in [1.82, 2.24) is 5.32 Å². The summed E-state index contributed by atoms with van der Waals surface area (Å²) in [4.78, 5) is 11.8. The molecule has 0 heterocycles. The minimum Gasteiger partial charge on any atom is -0.445 e. The number of carbonyl (C=O) groups excluding carboxylic acids is 1. The number of alkyl carbamates (subject to hydrolysis) is 1. The van der Waals surface area contributed by atoms with Crippen LogP contribution in [0.3, 0.4) is 0 Å². The van der Waals surface area contributed by atoms with Crippen molar-refractivity contribution in [2.45, 2.75) is 51.7 Å². The van der Waals surface area contributed by atoms with E-state index in [1.54, 1.807) is 0 Å². The van der Waals surface area contributed by atoms with Gasteiger partial charge in [-0.2, -0.15) is 0 Å². The molecule has 3 heteroatoms. The van der Waals surface area contributed by atoms with Gasteiger partial charge in [-0.15, -0.1) is 0 Å². The molecule has 0 saturated heterocycles. The first-order valence-electron chi connectivity index (χ1n) is 7.44. The summed E-state index contributed by atoms with van der Waals surface area (Å²) in [6.45, 7) is 2.51. The van der Waals surface area contributed by atoms with Crippen LogP contribution >= 0.6 is 0 Å². The van der Waals surface area contributed by atoms with E-state index in [-0.39, 0.29) is 12.1 Å². The standard InChI is InChI=1S/C17H23NO2/c1-2-7-14-10-6-11-16(12-14)18-17(19)20-13-15-8-4-3-5-9-15/h3-5,8-9,12,16H,2,6-7,10-11,13H2,1H3,(H,18,19). The van der Waals surface area contributed by atoms with Crippen LogP contribution in [0.1, 0.15) is 44.6 Å². The predicted molar refractivity (Wildman–Crippen MR) is 80.4 cm³/mol. The van der Waals surface area contributed by atoms with Crippen LogP contribution in [-0.2, 0) is 11.3 Å². The molecule has 0 aromatic heterocycles. The summed E-state index contributed by atoms with van der Waals surface area (Å²) in [5.74, 6) is 0. The van der Waals surface area contributed by atoms with E-state index in [2.05, 4.69) is 18.3 Å². The van der Waals surface area contributed by atoms with Crippen molar-refractivity contribution in [3.63, 3.8) is 0 Å². The van der Waals surface area contributed by atoms with Crippen molar-refractivity contribution < 1.29 is 9.53 Å². The maximum atomic E-state index is 11.8. The molecular weight excluding hydrogens is 250 g/mol. The second-order valence-electron chi connectivity index (χ2n) is 5.28. The molecule has 108 valence electrons. The fourth-order valence-electron chi connectivity index (χ4n) is 2.56. The molecule has 1 N–H and O–H groups in total. The Kier molecular flexibility index (Phi) is 5.66. The monoisotopic (exact) mass is 273 g/mol. The van der Waals surface area contributed by atoms with E-state index < -0.39 is 0 Å². The maximum Gasteiger partial charge on any atom is 0.407 e. The van der Waals surface area contributed by atoms with Gasteiger partial charge in [0.2, 0.25) is 0 Å². The van der Waals surface area contributed by atoms with Crippen LogP contribution in [0.4, 0.5) is 4.79 Å². The number of amides is 1. The summed E-state index contributed by atoms with van der Waals surface area (Å²) in [5, 5.41) is 2.94. The van der Waals surface area contributed by atoms with Gasteiger partial charge in [-0.3, -0.25) is 0 Å². The molecule has 1 aromatic rings. The van der Waals surface area contributed by atoms with Crippen LogP contribution in [0.2, 0.25) is 0 Å². The SMILES string of the molecule is CCCC1=CC(NC(=O)OCc2ccccc2)CCC1. The topological polar surface area (TPSA) is 38.3 Å². The molecule has 20 heavy (non-hydrogen) atoms. The van der Waals surface area contributed by atoms with Gasteiger partial charge in [0.25, 0.3) is 0 Å². The molecule has 0 spiro atoms. The van der Waals surface area contributed by atoms with E-state index in [4.69, 9.17) is 4.74 Å². The molecule has 0 aliphatic heterocycles. The highest BCUT2D eigenvalue weighted by molar-refractivity contribution is 5.68. The number of hydrogen-bond acceptors (Lipinski definition) is 2. The summed E-state index contributed by atoms with van der Waals surface area (Å²) in [7, 11) is 0. The summed E-state index contributed by atoms with van der Waals surface area (Å²) < 4.78 is 5.25. The van der Waals surface area contributed by atoms with Crippen molar-refractivity contribution in [2.24, 2.45) is 0 Å². The van der Waals surface area contributed by atoms with E-state index in [1.807, 2.05) is 30.3 Å². The fraction of sp³-hybridized carbons (Fsp3) is 0.471. The minimum absolute atomic E-state index is 0.133. The number of rotatable bonds is 5. The van der Waals surface area contributed by atoms with E-state index in [0.717, 1.165) is 31.2 Å². The molecule has 0 saturated carbocycles. The molecule has 1 aromatic carbocycles. The lowest BCUT2D eigenvalue weighted by molar-refractivity contribution is 0.136. The number of nitrogens with one attached hydrogen (secondary N) is 1. The zero-order valence-electron chi connectivity index (χ0n) is 12.1. The van der Waals surface area contributed by atoms with Crippen LogP contribution in [0.25, 0.3) is 0 Å². The lowest BCUT2D eigenvalue weighted by atomic mass is 9.93. The highest BCUT2D eigenvalue weighted by Crippen LogP contribution is 2.21. The Labute approximate surface area is 121 Å². The van der Waals surface area contributed by atoms with Crippen LogP contribution in [0.5, 0.6) is 0 Å². The van der Waals surface area contributed by atoms with Gasteiger partial charge >= 0.3 is 6.09 Å². The van der Waals surface area contributed by atoms with Crippen LogP contribution in [0.15, 0.2) is 42.0 Å². The normalized spacial score (nSPS) is 18.2. The first kappa shape index (κ1) is 14.6. The Morgan fingerprint density at radius 2 is 2.15 bits per heavy atom. The fourth-order valence-corrected chi connectivity index (χ4v) is 2.56. The molecular formula is C17H23NO2. The van der Waals surface area contributed by atoms with E-state index in [9.17, 15) is 4.79 Å². The van der Waals surface area contributed by atoms with Crippen molar-refractivity contribution in [2.75, 3.05) is 0 Å². The molecule has 1 aliphatic carbocycles. The molecule has 1 aliphatic rings. The number of carbonyl (C=O) groups is 1. The Morgan fingerprint density at radius 1 is 1.35 bits per heavy atom. The van der Waals surface area contributed by atoms with Crippen molar-refractivity contribution in [3.05, 3.63) is 47.5 Å². The number of hydrogen-bond donors (Lipinski definition) is 1. The molecule has 2 rings (SSSR count). The van der Waals surface area contributed by atoms with E-state index in [1.165, 1.54) is 12.0 Å². The Morgan fingerprint density at radius 3 is 2.90 bits per heavy atom. The molecule has 1 atom stereocenters. The highest BCUT2D eigenvalue weighted by atomic mass is 16.5. The first-order chi connectivity index (χ1) is 9.78. The van der Waals surface area contributed by atoms with Crippen LogP contribution < -0.4 is 5.32 Å². The number of allylic oxidation sites excluding steroid dienone is 1. The van der Waals surface area contributed by atoms with Gasteiger partial charge in [0, 0.05) is 0 Å². The lowest BCUT2D eigenvalue weighted by Crippen LogP contribution is -2.35. The highest BCUT2D eigenvalue weighted by Gasteiger charge is 2.15. The van der Waals surface area contributed by atoms with Gasteiger partial charge < -0.3 is 10.1 Å². The second-order valence-corrected chi connectivity index (χ2v) is 5.28. The summed E-state index contributed by atoms with van der Waals surface area (Å²) in [6, 6.07) is 9.87. The molecule has 0 radical (unpaired) electrons. The minimum atomic E-state index is -0.326. The Bertz CT molecular complexity index is 453. The van der Waals surface area contributed by atoms with Gasteiger partial charge in [-0.05, 0) is 31.2 Å². The number of ether oxygens (including phenoxy) is 1. The van der Waals surface area contributed by atoms with E-state index >= 15 is 0 Å². The van der Waals surface area contributed by atoms with Crippen LogP contribution in [-0.4, -0.2) is 12.1 Å². The van der Waals surface area contributed by atoms with E-state index in [0.29, 0.717) is 6.61 Å². The Hall–Kier alpha value is -1.77. The lowest BCUT2D eigenvalue weighted by Gasteiger charge is -2.21. The zero-order valence-corrected chi connectivity index (χ0v) is 12.1. The zero-order chi connectivity index (χ0) is 14.2. The molecule has 1 unspecified atom stereocenters. The Balaban J connectivity index is 1.78. The largest absolute Gasteiger partial charge is 0.445 e. The average molecular weight is 273 g/mol. The smallest absolute Gasteiger partial charge is 0.407 e. The van der Waals surface area contributed by atoms with Crippen molar-refractivity contribution in [3.8, 4) is 0 Å². The molecule has 0 bridgehead atoms. The molecule has 1 amide bonds. The predicted octanol–water partition coefficient (Wildman–Crippen LogP) is 4.19. The molecule has 3 nitrogen and oxygen atoms in total. The van der Waals surface area contributed by atoms with Gasteiger partial charge in [0.15, 0.2) is 0 Å². The van der Waals surface area contributed by atoms with Crippen LogP contribution in [0, 0.1) is 0 Å². The van der Waals surface area contributed by atoms with Crippen molar-refractivity contribution in [1.29, 1.82) is 0 Å². The van der Waals surface area contributed by atoms with Gasteiger partial charge in [0.1, 0.15) is 6.61 Å². The van der Waals surface area contributed by atoms with Crippen molar-refractivity contribution >= 4 is 6.09 Å². The molecule has 0 fully saturated rings. The quantitative estimate of drug-likeness (QED) is 0.817. The maximum absolute atomic E-state index is 11.8. The van der Waals surface area contributed by atoms with Gasteiger partial charge in [-0.25, -0.2) is 4.79 Å². The third-order valence-corrected chi connectivity index (χ3v) is 3.54. The third-order valence-electron chi connectivity index (χ3n) is 3.54. The van der Waals surface area contributed by atoms with Gasteiger partial charge in [0.05, 0.1) is 6.04 Å². The summed E-state index contributed by atoms with van der Waals surface area (Å²) in [6.07, 6.45) is 7.51. The third kappa shape index (κ3) is 4.72. The summed E-state index contributed by atoms with van der Waals surface area (Å²) >= 11 is 0. The summed E-state index contributed by atoms with van der Waals surface area (Å²) in [5.41, 5.74) is 2.47. The first-order valence-corrected chi connectivity index (χ1v) is 7.44. The second kappa shape index (κ2) is 7.73. The average Bonchev–Trinajstić information content (AvgIpc) is 2.47.